The first kappa shape index (κ1) is 16.4. The van der Waals surface area contributed by atoms with Gasteiger partial charge in [0, 0.05) is 32.8 Å². The molecule has 3 nitrogen and oxygen atoms in total. The van der Waals surface area contributed by atoms with E-state index in [1.165, 1.54) is 24.1 Å². The second kappa shape index (κ2) is 6.18. The van der Waals surface area contributed by atoms with Gasteiger partial charge in [0.15, 0.2) is 0 Å². The molecular weight excluding hydrogens is 391 g/mol. The molecule has 0 aliphatic heterocycles. The molecule has 0 saturated carbocycles. The number of alkyl halides is 3. The van der Waals surface area contributed by atoms with E-state index in [2.05, 4.69) is 25.6 Å². The monoisotopic (exact) mass is 401 g/mol. The van der Waals surface area contributed by atoms with Gasteiger partial charge in [0.05, 0.1) is 5.56 Å². The molecule has 8 heteroatoms. The average molecular weight is 402 g/mol. The van der Waals surface area contributed by atoms with Gasteiger partial charge in [0.1, 0.15) is 5.65 Å². The molecule has 1 N–H and O–H groups in total. The highest BCUT2D eigenvalue weighted by Crippen LogP contribution is 2.32. The topological polar surface area (TPSA) is 29.9 Å². The normalized spacial score (nSPS) is 12.0. The lowest BCUT2D eigenvalue weighted by Crippen LogP contribution is -2.05. The lowest BCUT2D eigenvalue weighted by molar-refractivity contribution is -0.137. The molecule has 0 spiro atoms. The van der Waals surface area contributed by atoms with Crippen molar-refractivity contribution in [3.63, 3.8) is 0 Å². The predicted octanol–water partition coefficient (Wildman–Crippen LogP) is 5.03. The van der Waals surface area contributed by atoms with Gasteiger partial charge >= 0.3 is 6.18 Å². The van der Waals surface area contributed by atoms with Gasteiger partial charge in [-0.2, -0.15) is 13.2 Å². The Hall–Kier alpha value is -1.51. The van der Waals surface area contributed by atoms with Crippen molar-refractivity contribution < 1.29 is 13.2 Å². The Morgan fingerprint density at radius 1 is 1.22 bits per heavy atom. The summed E-state index contributed by atoms with van der Waals surface area (Å²) in [5, 5.41) is 0.894. The minimum atomic E-state index is -4.34. The maximum atomic E-state index is 12.7. The van der Waals surface area contributed by atoms with Crippen molar-refractivity contribution in [2.45, 2.75) is 11.1 Å². The molecular formula is C15H11BrF3N3S. The molecule has 0 amide bonds. The fourth-order valence-electron chi connectivity index (χ4n) is 2.23. The average Bonchev–Trinajstić information content (AvgIpc) is 2.84. The van der Waals surface area contributed by atoms with Crippen molar-refractivity contribution in [1.29, 1.82) is 0 Å². The SMILES string of the molecule is CNSc1cnc2c(c1)c(Br)cn2-c1ccc(C(F)(F)F)cc1. The van der Waals surface area contributed by atoms with Crippen molar-refractivity contribution in [1.82, 2.24) is 14.3 Å². The molecule has 0 atom stereocenters. The van der Waals surface area contributed by atoms with Crippen LogP contribution < -0.4 is 4.72 Å². The standard InChI is InChI=1S/C15H11BrF3N3S/c1-20-23-11-6-12-13(16)8-22(14(12)21-7-11)10-4-2-9(3-5-10)15(17,18)19/h2-8,20H,1H3. The molecule has 120 valence electrons. The van der Waals surface area contributed by atoms with Gasteiger partial charge < -0.3 is 4.57 Å². The van der Waals surface area contributed by atoms with Crippen molar-refractivity contribution in [2.24, 2.45) is 0 Å². The van der Waals surface area contributed by atoms with Crippen LogP contribution in [0.4, 0.5) is 13.2 Å². The number of nitrogens with zero attached hydrogens (tertiary/aromatic N) is 2. The Kier molecular flexibility index (Phi) is 4.39. The summed E-state index contributed by atoms with van der Waals surface area (Å²) in [6.45, 7) is 0. The summed E-state index contributed by atoms with van der Waals surface area (Å²) in [7, 11) is 1.82. The van der Waals surface area contributed by atoms with Gasteiger partial charge in [-0.3, -0.25) is 4.72 Å². The number of nitrogens with one attached hydrogen (secondary N) is 1. The summed E-state index contributed by atoms with van der Waals surface area (Å²) in [4.78, 5) is 5.37. The van der Waals surface area contributed by atoms with Crippen LogP contribution in [0, 0.1) is 0 Å². The van der Waals surface area contributed by atoms with Crippen molar-refractivity contribution in [3.05, 3.63) is 52.8 Å². The van der Waals surface area contributed by atoms with E-state index in [1.807, 2.05) is 13.1 Å². The van der Waals surface area contributed by atoms with E-state index < -0.39 is 11.7 Å². The molecule has 0 radical (unpaired) electrons. The Balaban J connectivity index is 2.06. The highest BCUT2D eigenvalue weighted by molar-refractivity contribution is 9.10. The molecule has 23 heavy (non-hydrogen) atoms. The van der Waals surface area contributed by atoms with Crippen LogP contribution in [0.5, 0.6) is 0 Å². The Morgan fingerprint density at radius 2 is 1.91 bits per heavy atom. The van der Waals surface area contributed by atoms with E-state index in [0.717, 1.165) is 26.9 Å². The van der Waals surface area contributed by atoms with E-state index in [1.54, 1.807) is 17.0 Å². The Bertz CT molecular complexity index is 844. The molecule has 3 rings (SSSR count). The lowest BCUT2D eigenvalue weighted by atomic mass is 10.2. The second-order valence-corrected chi connectivity index (χ2v) is 6.68. The van der Waals surface area contributed by atoms with Crippen LogP contribution in [-0.4, -0.2) is 16.6 Å². The Morgan fingerprint density at radius 3 is 2.52 bits per heavy atom. The Labute approximate surface area is 143 Å². The third kappa shape index (κ3) is 3.24. The molecule has 2 aromatic heterocycles. The predicted molar refractivity (Wildman–Crippen MR) is 88.7 cm³/mol. The third-order valence-corrected chi connectivity index (χ3v) is 4.56. The minimum absolute atomic E-state index is 0.621. The highest BCUT2D eigenvalue weighted by Gasteiger charge is 2.30. The molecule has 0 bridgehead atoms. The number of benzene rings is 1. The fourth-order valence-corrected chi connectivity index (χ4v) is 3.25. The van der Waals surface area contributed by atoms with E-state index in [-0.39, 0.29) is 0 Å². The maximum Gasteiger partial charge on any atom is 0.416 e. The quantitative estimate of drug-likeness (QED) is 0.623. The van der Waals surface area contributed by atoms with E-state index >= 15 is 0 Å². The van der Waals surface area contributed by atoms with Gasteiger partial charge in [-0.05, 0) is 65.3 Å². The first-order valence-corrected chi connectivity index (χ1v) is 8.19. The van der Waals surface area contributed by atoms with Gasteiger partial charge in [-0.25, -0.2) is 4.98 Å². The van der Waals surface area contributed by atoms with Gasteiger partial charge in [0.25, 0.3) is 0 Å². The molecule has 0 aliphatic rings. The third-order valence-electron chi connectivity index (χ3n) is 3.26. The first-order valence-electron chi connectivity index (χ1n) is 6.58. The van der Waals surface area contributed by atoms with Gasteiger partial charge in [0.2, 0.25) is 0 Å². The zero-order valence-corrected chi connectivity index (χ0v) is 14.3. The smallest absolute Gasteiger partial charge is 0.300 e. The van der Waals surface area contributed by atoms with Gasteiger partial charge in [-0.1, -0.05) is 0 Å². The number of pyridine rings is 1. The summed E-state index contributed by atoms with van der Waals surface area (Å²) in [5.74, 6) is 0. The molecule has 3 aromatic rings. The van der Waals surface area contributed by atoms with E-state index in [4.69, 9.17) is 0 Å². The molecule has 0 saturated heterocycles. The molecule has 2 heterocycles. The summed E-state index contributed by atoms with van der Waals surface area (Å²) < 4.78 is 43.5. The summed E-state index contributed by atoms with van der Waals surface area (Å²) in [5.41, 5.74) is 0.629. The van der Waals surface area contributed by atoms with Crippen LogP contribution in [0.3, 0.4) is 0 Å². The molecule has 0 fully saturated rings. The van der Waals surface area contributed by atoms with Crippen LogP contribution in [0.2, 0.25) is 0 Å². The van der Waals surface area contributed by atoms with Crippen molar-refractivity contribution >= 4 is 38.9 Å². The zero-order valence-electron chi connectivity index (χ0n) is 11.9. The van der Waals surface area contributed by atoms with Crippen LogP contribution in [0.25, 0.3) is 16.7 Å². The van der Waals surface area contributed by atoms with E-state index in [9.17, 15) is 13.2 Å². The van der Waals surface area contributed by atoms with Crippen LogP contribution in [-0.2, 0) is 6.18 Å². The first-order chi connectivity index (χ1) is 10.9. The van der Waals surface area contributed by atoms with Gasteiger partial charge in [-0.15, -0.1) is 0 Å². The van der Waals surface area contributed by atoms with Crippen molar-refractivity contribution in [3.8, 4) is 5.69 Å². The van der Waals surface area contributed by atoms with Crippen LogP contribution in [0.1, 0.15) is 5.56 Å². The summed E-state index contributed by atoms with van der Waals surface area (Å²) in [6, 6.07) is 6.98. The number of fused-ring (bicyclic) bond motifs is 1. The van der Waals surface area contributed by atoms with Crippen LogP contribution in [0.15, 0.2) is 52.1 Å². The maximum absolute atomic E-state index is 12.7. The fraction of sp³-hybridized carbons (Fsp3) is 0.133. The summed E-state index contributed by atoms with van der Waals surface area (Å²) in [6.07, 6.45) is -0.819. The number of rotatable bonds is 3. The molecule has 1 aromatic carbocycles. The molecule has 0 unspecified atom stereocenters. The second-order valence-electron chi connectivity index (χ2n) is 4.74. The number of aromatic nitrogens is 2. The van der Waals surface area contributed by atoms with Crippen molar-refractivity contribution in [2.75, 3.05) is 7.05 Å². The number of halogens is 4. The highest BCUT2D eigenvalue weighted by atomic mass is 79.9. The summed E-state index contributed by atoms with van der Waals surface area (Å²) >= 11 is 4.92. The lowest BCUT2D eigenvalue weighted by Gasteiger charge is -2.09. The number of hydrogen-bond donors (Lipinski definition) is 1. The van der Waals surface area contributed by atoms with Crippen LogP contribution >= 0.6 is 27.9 Å². The zero-order chi connectivity index (χ0) is 16.6. The molecule has 0 aliphatic carbocycles. The largest absolute Gasteiger partial charge is 0.416 e. The minimum Gasteiger partial charge on any atom is -0.300 e. The van der Waals surface area contributed by atoms with E-state index in [0.29, 0.717) is 11.3 Å². The number of hydrogen-bond acceptors (Lipinski definition) is 3.